The average Bonchev–Trinajstić information content (AvgIpc) is 2.64. The predicted octanol–water partition coefficient (Wildman–Crippen LogP) is 5.35. The first-order valence-corrected chi connectivity index (χ1v) is 8.49. The summed E-state index contributed by atoms with van der Waals surface area (Å²) < 4.78 is 18.9. The molecule has 0 radical (unpaired) electrons. The number of halogens is 2. The Morgan fingerprint density at radius 3 is 2.24 bits per heavy atom. The molecule has 3 aromatic rings. The second kappa shape index (κ2) is 8.65. The highest BCUT2D eigenvalue weighted by atomic mass is 35.5. The zero-order valence-corrected chi connectivity index (χ0v) is 14.5. The Bertz CT molecular complexity index is 820. The maximum Gasteiger partial charge on any atom is 0.124 e. The minimum Gasteiger partial charge on any atom is -0.489 e. The van der Waals surface area contributed by atoms with E-state index >= 15 is 0 Å². The van der Waals surface area contributed by atoms with Gasteiger partial charge in [0.05, 0.1) is 0 Å². The van der Waals surface area contributed by atoms with E-state index in [-0.39, 0.29) is 5.82 Å². The summed E-state index contributed by atoms with van der Waals surface area (Å²) in [5.74, 6) is 0.607. The molecule has 0 bridgehead atoms. The van der Waals surface area contributed by atoms with Gasteiger partial charge >= 0.3 is 0 Å². The summed E-state index contributed by atoms with van der Waals surface area (Å²) in [6.07, 6.45) is 0. The molecule has 0 spiro atoms. The molecule has 25 heavy (non-hydrogen) atoms. The molecular weight excluding hydrogens is 337 g/mol. The van der Waals surface area contributed by atoms with Crippen molar-refractivity contribution in [2.24, 2.45) is 0 Å². The van der Waals surface area contributed by atoms with Gasteiger partial charge in [0.15, 0.2) is 0 Å². The number of para-hydroxylation sites is 1. The molecule has 0 saturated heterocycles. The third kappa shape index (κ3) is 5.05. The van der Waals surface area contributed by atoms with E-state index in [2.05, 4.69) is 5.32 Å². The number of hydrogen-bond acceptors (Lipinski definition) is 2. The molecule has 0 aromatic heterocycles. The van der Waals surface area contributed by atoms with Crippen LogP contribution in [-0.2, 0) is 19.7 Å². The number of hydrogen-bond donors (Lipinski definition) is 1. The van der Waals surface area contributed by atoms with Gasteiger partial charge in [-0.05, 0) is 29.8 Å². The van der Waals surface area contributed by atoms with Crippen molar-refractivity contribution in [3.63, 3.8) is 0 Å². The first-order chi connectivity index (χ1) is 12.2. The van der Waals surface area contributed by atoms with Gasteiger partial charge in [0, 0.05) is 29.2 Å². The van der Waals surface area contributed by atoms with Gasteiger partial charge in [-0.15, -0.1) is 0 Å². The van der Waals surface area contributed by atoms with Crippen LogP contribution in [0, 0.1) is 5.82 Å². The first-order valence-electron chi connectivity index (χ1n) is 8.11. The van der Waals surface area contributed by atoms with Gasteiger partial charge in [-0.25, -0.2) is 4.39 Å². The summed E-state index contributed by atoms with van der Waals surface area (Å²) in [5.41, 5.74) is 3.06. The van der Waals surface area contributed by atoms with Crippen molar-refractivity contribution in [2.45, 2.75) is 19.7 Å². The Kier molecular flexibility index (Phi) is 6.04. The summed E-state index contributed by atoms with van der Waals surface area (Å²) in [4.78, 5) is 0. The fourth-order valence-corrected chi connectivity index (χ4v) is 2.70. The van der Waals surface area contributed by atoms with Crippen LogP contribution in [0.15, 0.2) is 72.8 Å². The summed E-state index contributed by atoms with van der Waals surface area (Å²) in [6, 6.07) is 22.1. The van der Waals surface area contributed by atoms with Crippen LogP contribution in [0.3, 0.4) is 0 Å². The first kappa shape index (κ1) is 17.5. The number of ether oxygens (including phenoxy) is 1. The number of rotatable bonds is 7. The fourth-order valence-electron chi connectivity index (χ4n) is 2.51. The van der Waals surface area contributed by atoms with Gasteiger partial charge in [0.2, 0.25) is 0 Å². The van der Waals surface area contributed by atoms with Crippen LogP contribution >= 0.6 is 11.6 Å². The average molecular weight is 356 g/mol. The molecule has 0 saturated carbocycles. The van der Waals surface area contributed by atoms with Crippen molar-refractivity contribution in [1.82, 2.24) is 5.32 Å². The molecule has 0 aliphatic carbocycles. The van der Waals surface area contributed by atoms with Crippen LogP contribution in [-0.4, -0.2) is 0 Å². The van der Waals surface area contributed by atoms with Crippen LogP contribution in [0.5, 0.6) is 5.75 Å². The molecule has 0 heterocycles. The van der Waals surface area contributed by atoms with E-state index in [4.69, 9.17) is 16.3 Å². The molecule has 3 rings (SSSR count). The van der Waals surface area contributed by atoms with Crippen molar-refractivity contribution >= 4 is 11.6 Å². The van der Waals surface area contributed by atoms with Crippen LogP contribution in [0.25, 0.3) is 0 Å². The van der Waals surface area contributed by atoms with Crippen LogP contribution in [0.2, 0.25) is 5.02 Å². The molecule has 0 fully saturated rings. The molecule has 0 atom stereocenters. The molecule has 4 heteroatoms. The highest BCUT2D eigenvalue weighted by Crippen LogP contribution is 2.22. The second-order valence-corrected chi connectivity index (χ2v) is 6.13. The van der Waals surface area contributed by atoms with E-state index in [1.165, 1.54) is 12.1 Å². The molecule has 0 unspecified atom stereocenters. The summed E-state index contributed by atoms with van der Waals surface area (Å²) in [7, 11) is 0. The van der Waals surface area contributed by atoms with Gasteiger partial charge in [-0.1, -0.05) is 60.1 Å². The van der Waals surface area contributed by atoms with E-state index in [0.717, 1.165) is 22.4 Å². The van der Waals surface area contributed by atoms with E-state index in [1.54, 1.807) is 12.1 Å². The smallest absolute Gasteiger partial charge is 0.124 e. The molecule has 128 valence electrons. The zero-order chi connectivity index (χ0) is 17.5. The molecule has 0 aliphatic rings. The third-order valence-electron chi connectivity index (χ3n) is 3.87. The lowest BCUT2D eigenvalue weighted by Crippen LogP contribution is -2.13. The number of benzene rings is 3. The predicted molar refractivity (Wildman–Crippen MR) is 99.2 cm³/mol. The van der Waals surface area contributed by atoms with Gasteiger partial charge in [-0.2, -0.15) is 0 Å². The lowest BCUT2D eigenvalue weighted by Gasteiger charge is -2.13. The Labute approximate surface area is 152 Å². The lowest BCUT2D eigenvalue weighted by molar-refractivity contribution is 0.302. The van der Waals surface area contributed by atoms with Crippen LogP contribution in [0.1, 0.15) is 16.7 Å². The summed E-state index contributed by atoms with van der Waals surface area (Å²) in [5, 5.41) is 4.06. The molecular formula is C21H19ClFNO. The molecule has 0 amide bonds. The largest absolute Gasteiger partial charge is 0.489 e. The lowest BCUT2D eigenvalue weighted by atomic mass is 10.1. The van der Waals surface area contributed by atoms with Gasteiger partial charge < -0.3 is 10.1 Å². The van der Waals surface area contributed by atoms with E-state index in [1.807, 2.05) is 48.5 Å². The molecule has 2 nitrogen and oxygen atoms in total. The summed E-state index contributed by atoms with van der Waals surface area (Å²) in [6.45, 7) is 1.75. The van der Waals surface area contributed by atoms with Gasteiger partial charge in [0.1, 0.15) is 18.2 Å². The Balaban J connectivity index is 1.59. The Hall–Kier alpha value is -2.36. The standard InChI is InChI=1S/C21H19ClFNO/c22-20-7-3-1-6-18(20)15-25-21-8-4-2-5-17(21)14-24-13-16-9-11-19(23)12-10-16/h1-12,24H,13-15H2. The van der Waals surface area contributed by atoms with Crippen molar-refractivity contribution in [1.29, 1.82) is 0 Å². The SMILES string of the molecule is Fc1ccc(CNCc2ccccc2OCc2ccccc2Cl)cc1. The second-order valence-electron chi connectivity index (χ2n) is 5.72. The van der Waals surface area contributed by atoms with Crippen LogP contribution in [0.4, 0.5) is 4.39 Å². The maximum absolute atomic E-state index is 12.9. The van der Waals surface area contributed by atoms with E-state index in [9.17, 15) is 4.39 Å². The highest BCUT2D eigenvalue weighted by molar-refractivity contribution is 6.31. The molecule has 0 aliphatic heterocycles. The number of nitrogens with one attached hydrogen (secondary N) is 1. The molecule has 1 N–H and O–H groups in total. The Morgan fingerprint density at radius 2 is 1.48 bits per heavy atom. The quantitative estimate of drug-likeness (QED) is 0.617. The van der Waals surface area contributed by atoms with Gasteiger partial charge in [0.25, 0.3) is 0 Å². The third-order valence-corrected chi connectivity index (χ3v) is 4.24. The highest BCUT2D eigenvalue weighted by Gasteiger charge is 2.05. The topological polar surface area (TPSA) is 21.3 Å². The van der Waals surface area contributed by atoms with Crippen molar-refractivity contribution in [3.8, 4) is 5.75 Å². The van der Waals surface area contributed by atoms with Crippen molar-refractivity contribution < 1.29 is 9.13 Å². The maximum atomic E-state index is 12.9. The fraction of sp³-hybridized carbons (Fsp3) is 0.143. The van der Waals surface area contributed by atoms with Crippen molar-refractivity contribution in [3.05, 3.63) is 100 Å². The van der Waals surface area contributed by atoms with Crippen LogP contribution < -0.4 is 10.1 Å². The minimum atomic E-state index is -0.220. The van der Waals surface area contributed by atoms with Gasteiger partial charge in [-0.3, -0.25) is 0 Å². The van der Waals surface area contributed by atoms with E-state index in [0.29, 0.717) is 24.7 Å². The summed E-state index contributed by atoms with van der Waals surface area (Å²) >= 11 is 6.17. The zero-order valence-electron chi connectivity index (χ0n) is 13.7. The Morgan fingerprint density at radius 1 is 0.800 bits per heavy atom. The van der Waals surface area contributed by atoms with E-state index < -0.39 is 0 Å². The minimum absolute atomic E-state index is 0.220. The molecule has 3 aromatic carbocycles. The monoisotopic (exact) mass is 355 g/mol. The normalized spacial score (nSPS) is 10.6. The van der Waals surface area contributed by atoms with Crippen molar-refractivity contribution in [2.75, 3.05) is 0 Å².